The number of carbonyl (C=O) groups is 1. The largest absolute Gasteiger partial charge is 0.451 e. The lowest BCUT2D eigenvalue weighted by Gasteiger charge is -2.06. The summed E-state index contributed by atoms with van der Waals surface area (Å²) in [6.07, 6.45) is 4.37. The highest BCUT2D eigenvalue weighted by molar-refractivity contribution is 6.33. The number of halogens is 1. The SMILES string of the molecule is O=C(NCCc1ccc(-n2cccn2)cc1)c1ccc(-c2ccccc2Cl)o1. The number of amides is 1. The Morgan fingerprint density at radius 2 is 1.86 bits per heavy atom. The quantitative estimate of drug-likeness (QED) is 0.515. The third-order valence-corrected chi connectivity index (χ3v) is 4.70. The fraction of sp³-hybridized carbons (Fsp3) is 0.0909. The summed E-state index contributed by atoms with van der Waals surface area (Å²) >= 11 is 6.18. The first-order valence-electron chi connectivity index (χ1n) is 8.92. The van der Waals surface area contributed by atoms with Crippen molar-refractivity contribution in [3.05, 3.63) is 95.5 Å². The van der Waals surface area contributed by atoms with Crippen molar-refractivity contribution in [1.82, 2.24) is 15.1 Å². The molecule has 0 bridgehead atoms. The molecule has 0 saturated carbocycles. The zero-order chi connectivity index (χ0) is 19.3. The molecule has 0 aliphatic heterocycles. The third kappa shape index (κ3) is 4.00. The van der Waals surface area contributed by atoms with Crippen molar-refractivity contribution >= 4 is 17.5 Å². The van der Waals surface area contributed by atoms with Crippen molar-refractivity contribution in [3.8, 4) is 17.0 Å². The molecule has 0 saturated heterocycles. The highest BCUT2D eigenvalue weighted by Crippen LogP contribution is 2.28. The van der Waals surface area contributed by atoms with E-state index in [1.807, 2.05) is 54.7 Å². The zero-order valence-electron chi connectivity index (χ0n) is 15.0. The van der Waals surface area contributed by atoms with Crippen LogP contribution in [0.5, 0.6) is 0 Å². The standard InChI is InChI=1S/C22H18ClN3O2/c23-19-5-2-1-4-18(19)20-10-11-21(28-20)22(27)24-14-12-16-6-8-17(9-7-16)26-15-3-13-25-26/h1-11,13,15H,12,14H2,(H,24,27). The number of hydrogen-bond donors (Lipinski definition) is 1. The Kier molecular flexibility index (Phi) is 5.26. The molecule has 0 aliphatic carbocycles. The van der Waals surface area contributed by atoms with Gasteiger partial charge < -0.3 is 9.73 Å². The van der Waals surface area contributed by atoms with Crippen LogP contribution in [0.25, 0.3) is 17.0 Å². The number of carbonyl (C=O) groups excluding carboxylic acids is 1. The molecular weight excluding hydrogens is 374 g/mol. The molecule has 4 rings (SSSR count). The van der Waals surface area contributed by atoms with Gasteiger partial charge in [-0.3, -0.25) is 4.79 Å². The fourth-order valence-corrected chi connectivity index (χ4v) is 3.14. The molecule has 0 fully saturated rings. The summed E-state index contributed by atoms with van der Waals surface area (Å²) in [5.74, 6) is 0.598. The molecule has 6 heteroatoms. The highest BCUT2D eigenvalue weighted by Gasteiger charge is 2.13. The molecule has 2 heterocycles. The maximum atomic E-state index is 12.3. The molecule has 0 unspecified atom stereocenters. The van der Waals surface area contributed by atoms with E-state index in [1.165, 1.54) is 0 Å². The lowest BCUT2D eigenvalue weighted by molar-refractivity contribution is 0.0927. The van der Waals surface area contributed by atoms with Gasteiger partial charge in [-0.25, -0.2) is 4.68 Å². The van der Waals surface area contributed by atoms with Gasteiger partial charge in [0.1, 0.15) is 5.76 Å². The van der Waals surface area contributed by atoms with Gasteiger partial charge in [-0.1, -0.05) is 35.9 Å². The molecule has 140 valence electrons. The molecule has 1 amide bonds. The van der Waals surface area contributed by atoms with E-state index in [0.29, 0.717) is 17.3 Å². The van der Waals surface area contributed by atoms with Crippen LogP contribution in [0.3, 0.4) is 0 Å². The average Bonchev–Trinajstić information content (AvgIpc) is 3.41. The Morgan fingerprint density at radius 1 is 1.04 bits per heavy atom. The molecule has 0 atom stereocenters. The second-order valence-corrected chi connectivity index (χ2v) is 6.67. The maximum Gasteiger partial charge on any atom is 0.287 e. The van der Waals surface area contributed by atoms with Crippen molar-refractivity contribution in [1.29, 1.82) is 0 Å². The van der Waals surface area contributed by atoms with Gasteiger partial charge >= 0.3 is 0 Å². The van der Waals surface area contributed by atoms with Crippen molar-refractivity contribution in [2.24, 2.45) is 0 Å². The third-order valence-electron chi connectivity index (χ3n) is 4.37. The molecule has 0 aliphatic rings. The summed E-state index contributed by atoms with van der Waals surface area (Å²) in [6, 6.07) is 20.8. The molecule has 28 heavy (non-hydrogen) atoms. The van der Waals surface area contributed by atoms with Gasteiger partial charge in [0.25, 0.3) is 5.91 Å². The smallest absolute Gasteiger partial charge is 0.287 e. The van der Waals surface area contributed by atoms with Gasteiger partial charge in [0.15, 0.2) is 5.76 Å². The van der Waals surface area contributed by atoms with E-state index < -0.39 is 0 Å². The van der Waals surface area contributed by atoms with Gasteiger partial charge in [-0.05, 0) is 54.4 Å². The van der Waals surface area contributed by atoms with Crippen molar-refractivity contribution < 1.29 is 9.21 Å². The van der Waals surface area contributed by atoms with E-state index in [9.17, 15) is 4.79 Å². The number of rotatable bonds is 6. The first kappa shape index (κ1) is 18.1. The number of nitrogens with zero attached hydrogens (tertiary/aromatic N) is 2. The van der Waals surface area contributed by atoms with Crippen molar-refractivity contribution in [2.45, 2.75) is 6.42 Å². The summed E-state index contributed by atoms with van der Waals surface area (Å²) in [5.41, 5.74) is 2.90. The summed E-state index contributed by atoms with van der Waals surface area (Å²) < 4.78 is 7.47. The van der Waals surface area contributed by atoms with Gasteiger partial charge in [0, 0.05) is 24.5 Å². The summed E-state index contributed by atoms with van der Waals surface area (Å²) in [5, 5.41) is 7.68. The Morgan fingerprint density at radius 3 is 2.61 bits per heavy atom. The second kappa shape index (κ2) is 8.15. The van der Waals surface area contributed by atoms with Crippen LogP contribution in [0.15, 0.2) is 83.5 Å². The molecule has 0 radical (unpaired) electrons. The van der Waals surface area contributed by atoms with E-state index in [4.69, 9.17) is 16.0 Å². The van der Waals surface area contributed by atoms with Crippen LogP contribution in [0.1, 0.15) is 16.1 Å². The summed E-state index contributed by atoms with van der Waals surface area (Å²) in [4.78, 5) is 12.3. The first-order valence-corrected chi connectivity index (χ1v) is 9.30. The van der Waals surface area contributed by atoms with Crippen LogP contribution in [-0.2, 0) is 6.42 Å². The predicted octanol–water partition coefficient (Wildman–Crippen LogP) is 4.76. The van der Waals surface area contributed by atoms with Gasteiger partial charge in [0.05, 0.1) is 10.7 Å². The molecule has 5 nitrogen and oxygen atoms in total. The predicted molar refractivity (Wildman–Crippen MR) is 109 cm³/mol. The minimum absolute atomic E-state index is 0.244. The highest BCUT2D eigenvalue weighted by atomic mass is 35.5. The Hall–Kier alpha value is -3.31. The van der Waals surface area contributed by atoms with Gasteiger partial charge in [0.2, 0.25) is 0 Å². The Bertz CT molecular complexity index is 1070. The van der Waals surface area contributed by atoms with E-state index in [1.54, 1.807) is 29.1 Å². The Balaban J connectivity index is 1.33. The maximum absolute atomic E-state index is 12.3. The van der Waals surface area contributed by atoms with Gasteiger partial charge in [-0.2, -0.15) is 5.10 Å². The van der Waals surface area contributed by atoms with Crippen LogP contribution in [0.4, 0.5) is 0 Å². The van der Waals surface area contributed by atoms with Crippen LogP contribution in [0, 0.1) is 0 Å². The second-order valence-electron chi connectivity index (χ2n) is 6.27. The van der Waals surface area contributed by atoms with Crippen molar-refractivity contribution in [3.63, 3.8) is 0 Å². The van der Waals surface area contributed by atoms with Crippen LogP contribution < -0.4 is 5.32 Å². The number of aromatic nitrogens is 2. The van der Waals surface area contributed by atoms with Gasteiger partial charge in [-0.15, -0.1) is 0 Å². The molecule has 0 spiro atoms. The van der Waals surface area contributed by atoms with Crippen LogP contribution in [-0.4, -0.2) is 22.2 Å². The first-order chi connectivity index (χ1) is 13.7. The molecular formula is C22H18ClN3O2. The zero-order valence-corrected chi connectivity index (χ0v) is 15.8. The normalized spacial score (nSPS) is 10.8. The lowest BCUT2D eigenvalue weighted by Crippen LogP contribution is -2.25. The molecule has 2 aromatic heterocycles. The number of benzene rings is 2. The molecule has 4 aromatic rings. The van der Waals surface area contributed by atoms with E-state index in [2.05, 4.69) is 10.4 Å². The van der Waals surface area contributed by atoms with Crippen LogP contribution in [0.2, 0.25) is 5.02 Å². The molecule has 1 N–H and O–H groups in total. The summed E-state index contributed by atoms with van der Waals surface area (Å²) in [7, 11) is 0. The van der Waals surface area contributed by atoms with E-state index >= 15 is 0 Å². The topological polar surface area (TPSA) is 60.1 Å². The minimum Gasteiger partial charge on any atom is -0.451 e. The van der Waals surface area contributed by atoms with E-state index in [0.717, 1.165) is 23.2 Å². The fourth-order valence-electron chi connectivity index (χ4n) is 2.91. The number of hydrogen-bond acceptors (Lipinski definition) is 3. The van der Waals surface area contributed by atoms with E-state index in [-0.39, 0.29) is 11.7 Å². The lowest BCUT2D eigenvalue weighted by atomic mass is 10.1. The molecule has 2 aromatic carbocycles. The summed E-state index contributed by atoms with van der Waals surface area (Å²) in [6.45, 7) is 0.516. The van der Waals surface area contributed by atoms with Crippen molar-refractivity contribution in [2.75, 3.05) is 6.54 Å². The Labute approximate surface area is 167 Å². The average molecular weight is 392 g/mol. The monoisotopic (exact) mass is 391 g/mol. The van der Waals surface area contributed by atoms with Crippen LogP contribution >= 0.6 is 11.6 Å². The minimum atomic E-state index is -0.244. The number of nitrogens with one attached hydrogen (secondary N) is 1. The number of furan rings is 1.